The highest BCUT2D eigenvalue weighted by Crippen LogP contribution is 2.25. The zero-order valence-corrected chi connectivity index (χ0v) is 16.3. The molecule has 1 aromatic heterocycles. The van der Waals surface area contributed by atoms with Crippen LogP contribution < -0.4 is 5.32 Å². The van der Waals surface area contributed by atoms with Crippen LogP contribution in [0.4, 0.5) is 5.69 Å². The van der Waals surface area contributed by atoms with E-state index in [0.717, 1.165) is 15.6 Å². The van der Waals surface area contributed by atoms with Crippen molar-refractivity contribution in [1.29, 1.82) is 5.26 Å². The fourth-order valence-corrected chi connectivity index (χ4v) is 4.37. The molecule has 130 valence electrons. The third-order valence-electron chi connectivity index (χ3n) is 3.50. The number of aryl methyl sites for hydroxylation is 1. The summed E-state index contributed by atoms with van der Waals surface area (Å²) >= 11 is 8.13. The van der Waals surface area contributed by atoms with Crippen molar-refractivity contribution in [3.05, 3.63) is 63.6 Å². The lowest BCUT2D eigenvalue weighted by molar-refractivity contribution is -0.113. The number of hydrogen-bond donors (Lipinski definition) is 1. The van der Waals surface area contributed by atoms with Gasteiger partial charge in [0.1, 0.15) is 0 Å². The predicted molar refractivity (Wildman–Crippen MR) is 108 cm³/mol. The van der Waals surface area contributed by atoms with Crippen molar-refractivity contribution < 1.29 is 4.79 Å². The molecule has 3 rings (SSSR count). The molecule has 0 aliphatic heterocycles. The van der Waals surface area contributed by atoms with Gasteiger partial charge in [0.05, 0.1) is 23.1 Å². The van der Waals surface area contributed by atoms with Crippen LogP contribution >= 0.6 is 35.3 Å². The second-order valence-electron chi connectivity index (χ2n) is 5.36. The third kappa shape index (κ3) is 4.38. The number of aromatic nitrogens is 2. The van der Waals surface area contributed by atoms with Crippen molar-refractivity contribution in [3.8, 4) is 11.8 Å². The lowest BCUT2D eigenvalue weighted by Crippen LogP contribution is -2.13. The van der Waals surface area contributed by atoms with E-state index in [1.807, 2.05) is 37.3 Å². The van der Waals surface area contributed by atoms with Gasteiger partial charge in [-0.2, -0.15) is 5.26 Å². The highest BCUT2D eigenvalue weighted by Gasteiger charge is 2.10. The molecule has 8 heteroatoms. The zero-order valence-electron chi connectivity index (χ0n) is 13.8. The molecule has 0 spiro atoms. The molecule has 5 nitrogen and oxygen atoms in total. The molecule has 2 aromatic carbocycles. The maximum Gasteiger partial charge on any atom is 0.234 e. The Morgan fingerprint density at radius 2 is 2.04 bits per heavy atom. The number of amides is 1. The first-order chi connectivity index (χ1) is 12.6. The summed E-state index contributed by atoms with van der Waals surface area (Å²) in [7, 11) is 0. The van der Waals surface area contributed by atoms with E-state index >= 15 is 0 Å². The molecular weight excluding hydrogens is 384 g/mol. The fourth-order valence-electron chi connectivity index (χ4n) is 2.22. The lowest BCUT2D eigenvalue weighted by atomic mass is 10.2. The van der Waals surface area contributed by atoms with Crippen LogP contribution in [0.1, 0.15) is 11.1 Å². The summed E-state index contributed by atoms with van der Waals surface area (Å²) in [6, 6.07) is 16.7. The zero-order chi connectivity index (χ0) is 18.5. The molecule has 0 unspecified atom stereocenters. The van der Waals surface area contributed by atoms with Crippen LogP contribution in [0, 0.1) is 22.2 Å². The van der Waals surface area contributed by atoms with Gasteiger partial charge in [0.15, 0.2) is 8.29 Å². The summed E-state index contributed by atoms with van der Waals surface area (Å²) < 4.78 is 3.12. The van der Waals surface area contributed by atoms with Gasteiger partial charge in [0.25, 0.3) is 0 Å². The van der Waals surface area contributed by atoms with Gasteiger partial charge in [-0.15, -0.1) is 5.10 Å². The Labute approximate surface area is 164 Å². The minimum atomic E-state index is -0.136. The van der Waals surface area contributed by atoms with Crippen molar-refractivity contribution in [1.82, 2.24) is 9.78 Å². The van der Waals surface area contributed by atoms with Crippen LogP contribution in [0.25, 0.3) is 5.69 Å². The normalized spacial score (nSPS) is 10.3. The summed E-state index contributed by atoms with van der Waals surface area (Å²) in [4.78, 5) is 12.1. The van der Waals surface area contributed by atoms with Gasteiger partial charge < -0.3 is 5.32 Å². The molecule has 0 atom stereocenters. The van der Waals surface area contributed by atoms with Gasteiger partial charge in [-0.3, -0.25) is 4.79 Å². The van der Waals surface area contributed by atoms with E-state index in [1.165, 1.54) is 23.1 Å². The summed E-state index contributed by atoms with van der Waals surface area (Å²) in [5.41, 5.74) is 3.25. The summed E-state index contributed by atoms with van der Waals surface area (Å²) in [6.45, 7) is 2.01. The summed E-state index contributed by atoms with van der Waals surface area (Å²) in [5.74, 6) is 0.0963. The minimum Gasteiger partial charge on any atom is -0.325 e. The molecule has 0 bridgehead atoms. The van der Waals surface area contributed by atoms with E-state index in [4.69, 9.17) is 17.5 Å². The lowest BCUT2D eigenvalue weighted by Gasteiger charge is -2.05. The predicted octanol–water partition coefficient (Wildman–Crippen LogP) is 4.57. The third-order valence-corrected chi connectivity index (χ3v) is 5.86. The molecule has 0 saturated carbocycles. The molecular formula is C18H14N4OS3. The first-order valence-corrected chi connectivity index (χ1v) is 9.87. The van der Waals surface area contributed by atoms with Gasteiger partial charge in [0, 0.05) is 5.69 Å². The Morgan fingerprint density at radius 3 is 2.73 bits per heavy atom. The van der Waals surface area contributed by atoms with E-state index in [2.05, 4.69) is 10.4 Å². The molecule has 0 saturated heterocycles. The van der Waals surface area contributed by atoms with Crippen molar-refractivity contribution >= 4 is 46.9 Å². The monoisotopic (exact) mass is 398 g/mol. The molecule has 1 heterocycles. The summed E-state index contributed by atoms with van der Waals surface area (Å²) in [6.07, 6.45) is 0. The van der Waals surface area contributed by atoms with Gasteiger partial charge in [0.2, 0.25) is 5.91 Å². The average molecular weight is 399 g/mol. The van der Waals surface area contributed by atoms with E-state index in [0.29, 0.717) is 15.2 Å². The SMILES string of the molecule is Cc1ccccc1-n1nc(SCC(=O)Nc2ccc(C#N)cc2)sc1=S. The number of anilines is 1. The van der Waals surface area contributed by atoms with E-state index in [1.54, 1.807) is 28.9 Å². The van der Waals surface area contributed by atoms with E-state index in [9.17, 15) is 4.79 Å². The van der Waals surface area contributed by atoms with E-state index in [-0.39, 0.29) is 11.7 Å². The number of thioether (sulfide) groups is 1. The van der Waals surface area contributed by atoms with Gasteiger partial charge >= 0.3 is 0 Å². The first kappa shape index (κ1) is 18.3. The quantitative estimate of drug-likeness (QED) is 0.503. The molecule has 26 heavy (non-hydrogen) atoms. The molecule has 0 radical (unpaired) electrons. The number of nitrogens with zero attached hydrogens (tertiary/aromatic N) is 3. The molecule has 0 aliphatic carbocycles. The van der Waals surface area contributed by atoms with E-state index < -0.39 is 0 Å². The first-order valence-electron chi connectivity index (χ1n) is 7.66. The van der Waals surface area contributed by atoms with Crippen molar-refractivity contribution in [2.24, 2.45) is 0 Å². The van der Waals surface area contributed by atoms with Crippen LogP contribution in [0.5, 0.6) is 0 Å². The van der Waals surface area contributed by atoms with Gasteiger partial charge in [-0.05, 0) is 55.0 Å². The smallest absolute Gasteiger partial charge is 0.234 e. The molecule has 0 aliphatic rings. The van der Waals surface area contributed by atoms with Crippen LogP contribution in [-0.2, 0) is 4.79 Å². The number of nitriles is 1. The number of nitrogens with one attached hydrogen (secondary N) is 1. The van der Waals surface area contributed by atoms with Crippen molar-refractivity contribution in [3.63, 3.8) is 0 Å². The van der Waals surface area contributed by atoms with Crippen molar-refractivity contribution in [2.75, 3.05) is 11.1 Å². The van der Waals surface area contributed by atoms with Crippen LogP contribution in [0.2, 0.25) is 0 Å². The number of benzene rings is 2. The van der Waals surface area contributed by atoms with Gasteiger partial charge in [-0.25, -0.2) is 4.68 Å². The highest BCUT2D eigenvalue weighted by atomic mass is 32.2. The van der Waals surface area contributed by atoms with Crippen LogP contribution in [0.3, 0.4) is 0 Å². The number of rotatable bonds is 5. The number of para-hydroxylation sites is 1. The minimum absolute atomic E-state index is 0.136. The molecule has 0 fully saturated rings. The molecule has 3 aromatic rings. The Bertz CT molecular complexity index is 1030. The highest BCUT2D eigenvalue weighted by molar-refractivity contribution is 8.01. The maximum atomic E-state index is 12.1. The largest absolute Gasteiger partial charge is 0.325 e. The average Bonchev–Trinajstić information content (AvgIpc) is 3.01. The van der Waals surface area contributed by atoms with Gasteiger partial charge in [-0.1, -0.05) is 41.3 Å². The second kappa shape index (κ2) is 8.27. The second-order valence-corrected chi connectivity index (χ2v) is 8.20. The Kier molecular flexibility index (Phi) is 5.83. The summed E-state index contributed by atoms with van der Waals surface area (Å²) in [5, 5.41) is 16.1. The number of hydrogen-bond acceptors (Lipinski definition) is 6. The molecule has 1 amide bonds. The standard InChI is InChI=1S/C18H14N4OS3/c1-12-4-2-3-5-15(12)22-18(24)26-17(21-22)25-11-16(23)20-14-8-6-13(10-19)7-9-14/h2-9H,11H2,1H3,(H,20,23). The Morgan fingerprint density at radius 1 is 1.31 bits per heavy atom. The van der Waals surface area contributed by atoms with Crippen molar-refractivity contribution in [2.45, 2.75) is 11.3 Å². The van der Waals surface area contributed by atoms with Crippen LogP contribution in [0.15, 0.2) is 52.9 Å². The fraction of sp³-hybridized carbons (Fsp3) is 0.111. The Balaban J connectivity index is 1.64. The van der Waals surface area contributed by atoms with Crippen LogP contribution in [-0.4, -0.2) is 21.4 Å². The number of carbonyl (C=O) groups is 1. The molecule has 1 N–H and O–H groups in total. The maximum absolute atomic E-state index is 12.1. The topological polar surface area (TPSA) is 70.7 Å². The Hall–Kier alpha value is -2.47. The number of carbonyl (C=O) groups excluding carboxylic acids is 1.